The molecule has 1 aliphatic carbocycles. The molecule has 0 saturated carbocycles. The molecule has 0 aromatic carbocycles. The van der Waals surface area contributed by atoms with Crippen molar-refractivity contribution in [1.82, 2.24) is 25.3 Å². The maximum absolute atomic E-state index is 13.2. The molecule has 1 atom stereocenters. The lowest BCUT2D eigenvalue weighted by atomic mass is 9.95. The lowest BCUT2D eigenvalue weighted by molar-refractivity contribution is -0.0111. The number of nitrogens with zero attached hydrogens (tertiary/aromatic N) is 4. The van der Waals surface area contributed by atoms with Crippen LogP contribution in [0.5, 0.6) is 0 Å². The highest BCUT2D eigenvalue weighted by Crippen LogP contribution is 2.29. The van der Waals surface area contributed by atoms with Gasteiger partial charge in [-0.3, -0.25) is 9.89 Å². The van der Waals surface area contributed by atoms with Gasteiger partial charge in [0, 0.05) is 23.7 Å². The van der Waals surface area contributed by atoms with Gasteiger partial charge in [-0.1, -0.05) is 13.8 Å². The second-order valence-corrected chi connectivity index (χ2v) is 6.96. The summed E-state index contributed by atoms with van der Waals surface area (Å²) in [6.45, 7) is 5.34. The van der Waals surface area contributed by atoms with Gasteiger partial charge in [-0.2, -0.15) is 5.10 Å². The second-order valence-electron chi connectivity index (χ2n) is 6.96. The number of rotatable bonds is 3. The van der Waals surface area contributed by atoms with Crippen molar-refractivity contribution in [3.8, 4) is 0 Å². The van der Waals surface area contributed by atoms with E-state index < -0.39 is 0 Å². The molecule has 8 nitrogen and oxygen atoms in total. The van der Waals surface area contributed by atoms with Crippen molar-refractivity contribution >= 4 is 5.91 Å². The van der Waals surface area contributed by atoms with Gasteiger partial charge in [-0.25, -0.2) is 0 Å². The van der Waals surface area contributed by atoms with Crippen LogP contribution in [-0.4, -0.2) is 51.0 Å². The quantitative estimate of drug-likeness (QED) is 0.914. The van der Waals surface area contributed by atoms with E-state index in [0.29, 0.717) is 37.2 Å². The topological polar surface area (TPSA) is 97.1 Å². The first-order valence-electron chi connectivity index (χ1n) is 8.93. The molecule has 2 aromatic heterocycles. The van der Waals surface area contributed by atoms with Crippen LogP contribution < -0.4 is 0 Å². The van der Waals surface area contributed by atoms with Crippen molar-refractivity contribution in [3.63, 3.8) is 0 Å². The number of hydrogen-bond acceptors (Lipinski definition) is 6. The third kappa shape index (κ3) is 2.95. The van der Waals surface area contributed by atoms with E-state index in [4.69, 9.17) is 9.15 Å². The summed E-state index contributed by atoms with van der Waals surface area (Å²) in [4.78, 5) is 14.9. The summed E-state index contributed by atoms with van der Waals surface area (Å²) in [7, 11) is 0. The molecule has 1 N–H and O–H groups in total. The number of aromatic nitrogens is 4. The number of aryl methyl sites for hydroxylation is 1. The summed E-state index contributed by atoms with van der Waals surface area (Å²) in [5, 5.41) is 15.6. The van der Waals surface area contributed by atoms with Crippen LogP contribution in [0.1, 0.15) is 72.2 Å². The minimum atomic E-state index is -0.364. The molecule has 1 amide bonds. The first-order valence-corrected chi connectivity index (χ1v) is 8.93. The summed E-state index contributed by atoms with van der Waals surface area (Å²) >= 11 is 0. The number of aromatic amines is 1. The van der Waals surface area contributed by atoms with Crippen molar-refractivity contribution in [2.45, 2.75) is 51.5 Å². The smallest absolute Gasteiger partial charge is 0.275 e. The zero-order chi connectivity index (χ0) is 17.4. The fourth-order valence-electron chi connectivity index (χ4n) is 3.46. The van der Waals surface area contributed by atoms with E-state index in [1.54, 1.807) is 4.90 Å². The van der Waals surface area contributed by atoms with Gasteiger partial charge in [0.05, 0.1) is 13.2 Å². The van der Waals surface area contributed by atoms with Crippen molar-refractivity contribution < 1.29 is 13.9 Å². The minimum Gasteiger partial charge on any atom is -0.423 e. The molecule has 1 unspecified atom stereocenters. The molecule has 1 aliphatic heterocycles. The van der Waals surface area contributed by atoms with Crippen LogP contribution >= 0.6 is 0 Å². The third-order valence-electron chi connectivity index (χ3n) is 4.88. The summed E-state index contributed by atoms with van der Waals surface area (Å²) in [6, 6.07) is -0.364. The number of carbonyl (C=O) groups is 1. The predicted molar refractivity (Wildman–Crippen MR) is 88.2 cm³/mol. The number of hydrogen-bond donors (Lipinski definition) is 1. The van der Waals surface area contributed by atoms with Crippen molar-refractivity contribution in [2.75, 3.05) is 19.8 Å². The van der Waals surface area contributed by atoms with Crippen LogP contribution in [0.2, 0.25) is 0 Å². The zero-order valence-electron chi connectivity index (χ0n) is 14.6. The summed E-state index contributed by atoms with van der Waals surface area (Å²) in [5.74, 6) is 1.07. The Hall–Kier alpha value is -2.22. The molecule has 8 heteroatoms. The molecule has 3 heterocycles. The molecule has 25 heavy (non-hydrogen) atoms. The predicted octanol–water partition coefficient (Wildman–Crippen LogP) is 2.01. The van der Waals surface area contributed by atoms with Gasteiger partial charge in [0.25, 0.3) is 5.91 Å². The van der Waals surface area contributed by atoms with Crippen LogP contribution in [0, 0.1) is 0 Å². The van der Waals surface area contributed by atoms with Gasteiger partial charge in [0.15, 0.2) is 5.69 Å². The van der Waals surface area contributed by atoms with Gasteiger partial charge in [0.1, 0.15) is 6.04 Å². The number of fused-ring (bicyclic) bond motifs is 1. The average molecular weight is 345 g/mol. The van der Waals surface area contributed by atoms with Crippen LogP contribution in [0.4, 0.5) is 0 Å². The Morgan fingerprint density at radius 2 is 2.12 bits per heavy atom. The van der Waals surface area contributed by atoms with Crippen LogP contribution in [0.3, 0.4) is 0 Å². The number of morpholine rings is 1. The van der Waals surface area contributed by atoms with E-state index in [1.807, 2.05) is 13.8 Å². The second kappa shape index (κ2) is 6.59. The third-order valence-corrected chi connectivity index (χ3v) is 4.88. The molecular formula is C17H23N5O3. The standard InChI is InChI=1S/C17H23N5O3/c1-10(2)15-20-21-16(25-15)13-9-24-8-7-22(13)17(23)14-11-5-3-4-6-12(11)18-19-14/h10,13H,3-9H2,1-2H3,(H,18,19). The van der Waals surface area contributed by atoms with E-state index >= 15 is 0 Å². The molecule has 0 radical (unpaired) electrons. The molecule has 2 aromatic rings. The number of nitrogens with one attached hydrogen (secondary N) is 1. The lowest BCUT2D eigenvalue weighted by Crippen LogP contribution is -2.44. The van der Waals surface area contributed by atoms with Gasteiger partial charge in [0.2, 0.25) is 11.8 Å². The Balaban J connectivity index is 1.62. The highest BCUT2D eigenvalue weighted by molar-refractivity contribution is 5.94. The highest BCUT2D eigenvalue weighted by atomic mass is 16.5. The normalized spacial score (nSPS) is 20.8. The van der Waals surface area contributed by atoms with Crippen molar-refractivity contribution in [2.24, 2.45) is 0 Å². The fourth-order valence-corrected chi connectivity index (χ4v) is 3.46. The molecular weight excluding hydrogens is 322 g/mol. The Bertz CT molecular complexity index is 766. The van der Waals surface area contributed by atoms with Crippen molar-refractivity contribution in [1.29, 1.82) is 0 Å². The van der Waals surface area contributed by atoms with Crippen LogP contribution in [-0.2, 0) is 17.6 Å². The number of H-pyrrole nitrogens is 1. The molecule has 0 bridgehead atoms. The van der Waals surface area contributed by atoms with Gasteiger partial charge in [-0.05, 0) is 25.7 Å². The number of amides is 1. The first-order chi connectivity index (χ1) is 12.1. The Labute approximate surface area is 145 Å². The molecule has 1 fully saturated rings. The summed E-state index contributed by atoms with van der Waals surface area (Å²) in [6.07, 6.45) is 4.10. The molecule has 4 rings (SSSR count). The van der Waals surface area contributed by atoms with E-state index in [0.717, 1.165) is 36.9 Å². The van der Waals surface area contributed by atoms with Crippen LogP contribution in [0.15, 0.2) is 4.42 Å². The first kappa shape index (κ1) is 16.3. The van der Waals surface area contributed by atoms with Crippen LogP contribution in [0.25, 0.3) is 0 Å². The van der Waals surface area contributed by atoms with Gasteiger partial charge in [-0.15, -0.1) is 10.2 Å². The highest BCUT2D eigenvalue weighted by Gasteiger charge is 2.36. The lowest BCUT2D eigenvalue weighted by Gasteiger charge is -2.33. The Kier molecular flexibility index (Phi) is 4.29. The maximum atomic E-state index is 13.2. The zero-order valence-corrected chi connectivity index (χ0v) is 14.6. The Morgan fingerprint density at radius 1 is 1.28 bits per heavy atom. The van der Waals surface area contributed by atoms with E-state index in [-0.39, 0.29) is 17.9 Å². The van der Waals surface area contributed by atoms with E-state index in [2.05, 4.69) is 20.4 Å². The SMILES string of the molecule is CC(C)c1nnc(C2COCCN2C(=O)c2n[nH]c3c2CCCC3)o1. The van der Waals surface area contributed by atoms with E-state index in [1.165, 1.54) is 0 Å². The van der Waals surface area contributed by atoms with Gasteiger partial charge < -0.3 is 14.1 Å². The Morgan fingerprint density at radius 3 is 2.92 bits per heavy atom. The monoisotopic (exact) mass is 345 g/mol. The summed E-state index contributed by atoms with van der Waals surface area (Å²) in [5.41, 5.74) is 2.69. The average Bonchev–Trinajstić information content (AvgIpc) is 3.28. The largest absolute Gasteiger partial charge is 0.423 e. The maximum Gasteiger partial charge on any atom is 0.275 e. The molecule has 1 saturated heterocycles. The number of carbonyl (C=O) groups excluding carboxylic acids is 1. The fraction of sp³-hybridized carbons (Fsp3) is 0.647. The molecule has 134 valence electrons. The minimum absolute atomic E-state index is 0.0861. The molecule has 0 spiro atoms. The number of ether oxygens (including phenoxy) is 1. The van der Waals surface area contributed by atoms with Crippen molar-refractivity contribution in [3.05, 3.63) is 28.7 Å². The van der Waals surface area contributed by atoms with Gasteiger partial charge >= 0.3 is 0 Å². The summed E-state index contributed by atoms with van der Waals surface area (Å²) < 4.78 is 11.3. The molecule has 2 aliphatic rings. The van der Waals surface area contributed by atoms with E-state index in [9.17, 15) is 4.79 Å².